The fourth-order valence-corrected chi connectivity index (χ4v) is 4.51. The maximum Gasteiger partial charge on any atom is 0.253 e. The van der Waals surface area contributed by atoms with E-state index in [1.165, 1.54) is 0 Å². The number of nitrogens with one attached hydrogen (secondary N) is 3. The van der Waals surface area contributed by atoms with Crippen molar-refractivity contribution in [3.8, 4) is 0 Å². The minimum Gasteiger partial charge on any atom is -0.394 e. The van der Waals surface area contributed by atoms with Crippen LogP contribution in [0.3, 0.4) is 0 Å². The van der Waals surface area contributed by atoms with Crippen molar-refractivity contribution in [1.82, 2.24) is 5.32 Å². The summed E-state index contributed by atoms with van der Waals surface area (Å²) in [5.74, 6) is 0. The van der Waals surface area contributed by atoms with Crippen LogP contribution in [0.2, 0.25) is 0 Å². The zero-order valence-electron chi connectivity index (χ0n) is 23.7. The van der Waals surface area contributed by atoms with Gasteiger partial charge in [0.15, 0.2) is 12.5 Å². The van der Waals surface area contributed by atoms with Gasteiger partial charge in [-0.05, 0) is 7.05 Å². The van der Waals surface area contributed by atoms with Gasteiger partial charge in [0, 0.05) is 13.1 Å². The van der Waals surface area contributed by atoms with E-state index >= 15 is 0 Å². The zero-order valence-corrected chi connectivity index (χ0v) is 23.7. The molecule has 10 N–H and O–H groups in total. The Kier molecular flexibility index (Phi) is 14.5. The molecular weight excluding hydrogens is 582 g/mol. The van der Waals surface area contributed by atoms with Gasteiger partial charge in [-0.1, -0.05) is 0 Å². The third-order valence-corrected chi connectivity index (χ3v) is 6.99. The maximum atomic E-state index is 12.2. The van der Waals surface area contributed by atoms with Crippen molar-refractivity contribution >= 4 is 11.4 Å². The molecule has 0 aromatic heterocycles. The summed E-state index contributed by atoms with van der Waals surface area (Å²) in [6.45, 7) is 1.73. The molecule has 0 spiro atoms. The molecule has 2 fully saturated rings. The molecule has 43 heavy (non-hydrogen) atoms. The van der Waals surface area contributed by atoms with Gasteiger partial charge in [0.05, 0.1) is 52.9 Å². The Balaban J connectivity index is 1.48. The number of likely N-dealkylation sites (N-methyl/N-ethyl adjacent to an activating group) is 1. The van der Waals surface area contributed by atoms with Crippen LogP contribution < -0.4 is 26.8 Å². The van der Waals surface area contributed by atoms with Gasteiger partial charge in [-0.3, -0.25) is 9.59 Å². The SMILES string of the molecule is CNCCOCCOCCOCCNc1c(N[C@@H]2OC(CO)[C@@H](O[C@@H]3OC(CO)[C@H](O)[C@H](O)C3O)[C@H](O)C2O)c(=O)c1=O. The molecule has 0 amide bonds. The Morgan fingerprint density at radius 3 is 1.86 bits per heavy atom. The van der Waals surface area contributed by atoms with E-state index in [4.69, 9.17) is 28.4 Å². The van der Waals surface area contributed by atoms with E-state index < -0.39 is 85.4 Å². The quantitative estimate of drug-likeness (QED) is 0.0506. The first-order valence-electron chi connectivity index (χ1n) is 14.0. The number of anilines is 2. The fourth-order valence-electron chi connectivity index (χ4n) is 4.51. The summed E-state index contributed by atoms with van der Waals surface area (Å²) < 4.78 is 32.5. The second kappa shape index (κ2) is 17.6. The van der Waals surface area contributed by atoms with Crippen molar-refractivity contribution in [2.45, 2.75) is 61.3 Å². The number of rotatable bonds is 19. The molecular formula is C25H43N3O15. The molecule has 0 bridgehead atoms. The number of aliphatic hydroxyl groups excluding tert-OH is 7. The molecule has 2 aliphatic heterocycles. The van der Waals surface area contributed by atoms with Crippen LogP contribution in [0, 0.1) is 0 Å². The second-order valence-electron chi connectivity index (χ2n) is 9.98. The van der Waals surface area contributed by atoms with Crippen molar-refractivity contribution < 1.29 is 64.2 Å². The Bertz CT molecular complexity index is 1020. The highest BCUT2D eigenvalue weighted by Crippen LogP contribution is 2.30. The van der Waals surface area contributed by atoms with E-state index in [0.29, 0.717) is 33.0 Å². The van der Waals surface area contributed by atoms with Crippen LogP contribution in [0.25, 0.3) is 0 Å². The van der Waals surface area contributed by atoms with E-state index in [1.54, 1.807) is 0 Å². The van der Waals surface area contributed by atoms with E-state index in [-0.39, 0.29) is 24.5 Å². The van der Waals surface area contributed by atoms with E-state index in [0.717, 1.165) is 6.54 Å². The van der Waals surface area contributed by atoms with Crippen LogP contribution in [-0.4, -0.2) is 170 Å². The second-order valence-corrected chi connectivity index (χ2v) is 9.98. The molecule has 3 rings (SSSR count). The number of ether oxygens (including phenoxy) is 6. The van der Waals surface area contributed by atoms with Gasteiger partial charge < -0.3 is 80.1 Å². The van der Waals surface area contributed by atoms with Gasteiger partial charge in [0.1, 0.15) is 60.2 Å². The summed E-state index contributed by atoms with van der Waals surface area (Å²) in [4.78, 5) is 24.4. The van der Waals surface area contributed by atoms with Crippen LogP contribution in [-0.2, 0) is 28.4 Å². The average molecular weight is 626 g/mol. The Labute approximate surface area is 246 Å². The summed E-state index contributed by atoms with van der Waals surface area (Å²) in [7, 11) is 1.83. The molecule has 2 aliphatic rings. The lowest BCUT2D eigenvalue weighted by Crippen LogP contribution is -2.65. The summed E-state index contributed by atoms with van der Waals surface area (Å²) in [5.41, 5.74) is -1.97. The largest absolute Gasteiger partial charge is 0.394 e. The average Bonchev–Trinajstić information content (AvgIpc) is 3.01. The number of aliphatic hydroxyl groups is 7. The molecule has 0 saturated carbocycles. The van der Waals surface area contributed by atoms with Crippen molar-refractivity contribution in [3.63, 3.8) is 0 Å². The highest BCUT2D eigenvalue weighted by Gasteiger charge is 2.50. The molecule has 10 atom stereocenters. The number of hydrogen-bond acceptors (Lipinski definition) is 18. The standard InChI is InChI=1S/C25H43N3O15/c1-26-2-4-38-6-8-40-9-7-39-5-3-27-14-15(18(33)17(14)32)28-24-21(36)20(35)23(13(11-30)41-24)43-25-22(37)19(34)16(31)12(10-29)42-25/h12-13,16,19-31,34-37H,2-11H2,1H3/t12?,13?,16-,19-,20+,21?,22?,23+,24+,25-/m0/s1. The molecule has 2 heterocycles. The molecule has 0 aliphatic carbocycles. The first kappa shape index (κ1) is 35.6. The smallest absolute Gasteiger partial charge is 0.253 e. The minimum absolute atomic E-state index is 0.0749. The maximum absolute atomic E-state index is 12.2. The first-order chi connectivity index (χ1) is 20.7. The van der Waals surface area contributed by atoms with Crippen LogP contribution in [0.4, 0.5) is 11.4 Å². The van der Waals surface area contributed by atoms with E-state index in [2.05, 4.69) is 16.0 Å². The first-order valence-corrected chi connectivity index (χ1v) is 14.0. The normalized spacial score (nSPS) is 33.1. The molecule has 0 radical (unpaired) electrons. The molecule has 1 aromatic rings. The molecule has 1 aromatic carbocycles. The predicted molar refractivity (Wildman–Crippen MR) is 146 cm³/mol. The van der Waals surface area contributed by atoms with Gasteiger partial charge in [-0.2, -0.15) is 0 Å². The molecule has 18 heteroatoms. The third kappa shape index (κ3) is 9.08. The number of hydrogen-bond donors (Lipinski definition) is 10. The predicted octanol–water partition coefficient (Wildman–Crippen LogP) is -6.00. The summed E-state index contributed by atoms with van der Waals surface area (Å²) in [5, 5.41) is 79.2. The third-order valence-electron chi connectivity index (χ3n) is 6.99. The van der Waals surface area contributed by atoms with Crippen LogP contribution in [0.5, 0.6) is 0 Å². The monoisotopic (exact) mass is 625 g/mol. The van der Waals surface area contributed by atoms with Crippen molar-refractivity contribution in [3.05, 3.63) is 20.4 Å². The lowest BCUT2D eigenvalue weighted by atomic mass is 9.96. The minimum atomic E-state index is -1.81. The highest BCUT2D eigenvalue weighted by atomic mass is 16.7. The zero-order chi connectivity index (χ0) is 31.5. The molecule has 2 saturated heterocycles. The Morgan fingerprint density at radius 2 is 1.26 bits per heavy atom. The van der Waals surface area contributed by atoms with Crippen molar-refractivity contribution in [1.29, 1.82) is 0 Å². The molecule has 4 unspecified atom stereocenters. The summed E-state index contributed by atoms with van der Waals surface area (Å²) in [6, 6.07) is 0. The lowest BCUT2D eigenvalue weighted by molar-refractivity contribution is -0.340. The van der Waals surface area contributed by atoms with Crippen LogP contribution in [0.15, 0.2) is 9.59 Å². The highest BCUT2D eigenvalue weighted by molar-refractivity contribution is 5.74. The van der Waals surface area contributed by atoms with Gasteiger partial charge in [0.2, 0.25) is 0 Å². The summed E-state index contributed by atoms with van der Waals surface area (Å²) in [6.07, 6.45) is -16.1. The van der Waals surface area contributed by atoms with Crippen molar-refractivity contribution in [2.24, 2.45) is 0 Å². The molecule has 248 valence electrons. The van der Waals surface area contributed by atoms with Crippen molar-refractivity contribution in [2.75, 3.05) is 83.6 Å². The van der Waals surface area contributed by atoms with Crippen LogP contribution >= 0.6 is 0 Å². The van der Waals surface area contributed by atoms with Gasteiger partial charge in [-0.25, -0.2) is 0 Å². The summed E-state index contributed by atoms with van der Waals surface area (Å²) >= 11 is 0. The van der Waals surface area contributed by atoms with Crippen LogP contribution in [0.1, 0.15) is 0 Å². The topological polar surface area (TPSA) is 267 Å². The Morgan fingerprint density at radius 1 is 0.674 bits per heavy atom. The van der Waals surface area contributed by atoms with E-state index in [9.17, 15) is 45.3 Å². The van der Waals surface area contributed by atoms with Gasteiger partial charge >= 0.3 is 0 Å². The van der Waals surface area contributed by atoms with E-state index in [1.807, 2.05) is 7.05 Å². The van der Waals surface area contributed by atoms with Gasteiger partial charge in [-0.15, -0.1) is 0 Å². The fraction of sp³-hybridized carbons (Fsp3) is 0.840. The molecule has 18 nitrogen and oxygen atoms in total. The van der Waals surface area contributed by atoms with Gasteiger partial charge in [0.25, 0.3) is 10.9 Å². The lowest BCUT2D eigenvalue weighted by Gasteiger charge is -2.46. The Hall–Kier alpha value is -1.88.